The number of hydrogen-bond donors (Lipinski definition) is 1. The second-order valence-corrected chi connectivity index (χ2v) is 3.83. The van der Waals surface area contributed by atoms with E-state index in [1.807, 2.05) is 6.92 Å². The highest BCUT2D eigenvalue weighted by Crippen LogP contribution is 1.92. The average Bonchev–Trinajstić information content (AvgIpc) is 2.37. The molecule has 0 unspecified atom stereocenters. The van der Waals surface area contributed by atoms with Gasteiger partial charge < -0.3 is 14.8 Å². The Morgan fingerprint density at radius 1 is 1.22 bits per heavy atom. The maximum absolute atomic E-state index is 11.1. The lowest BCUT2D eigenvalue weighted by atomic mass is 10.3. The smallest absolute Gasteiger partial charge is 0.332 e. The number of nitrogens with one attached hydrogen (secondary N) is 1. The largest absolute Gasteiger partial charge is 0.464 e. The van der Waals surface area contributed by atoms with E-state index in [0.717, 1.165) is 25.7 Å². The van der Waals surface area contributed by atoms with Crippen molar-refractivity contribution in [2.45, 2.75) is 32.6 Å². The third kappa shape index (κ3) is 11.1. The number of ether oxygens (including phenoxy) is 2. The van der Waals surface area contributed by atoms with Gasteiger partial charge in [-0.15, -0.1) is 0 Å². The molecule has 0 atom stereocenters. The molecule has 0 aliphatic heterocycles. The molecule has 1 amide bonds. The maximum Gasteiger partial charge on any atom is 0.332 e. The van der Waals surface area contributed by atoms with E-state index in [4.69, 9.17) is 9.47 Å². The maximum atomic E-state index is 11.1. The van der Waals surface area contributed by atoms with Gasteiger partial charge in [0.1, 0.15) is 6.61 Å². The minimum absolute atomic E-state index is 0.00271. The van der Waals surface area contributed by atoms with Crippen molar-refractivity contribution >= 4 is 11.9 Å². The Morgan fingerprint density at radius 3 is 2.67 bits per heavy atom. The predicted molar refractivity (Wildman–Crippen MR) is 69.1 cm³/mol. The van der Waals surface area contributed by atoms with Crippen LogP contribution >= 0.6 is 0 Å². The van der Waals surface area contributed by atoms with Gasteiger partial charge in [0, 0.05) is 13.2 Å². The van der Waals surface area contributed by atoms with Crippen molar-refractivity contribution in [1.82, 2.24) is 5.32 Å². The molecular formula is C13H23NO4. The highest BCUT2D eigenvalue weighted by atomic mass is 16.6. The molecule has 0 radical (unpaired) electrons. The molecule has 0 saturated carbocycles. The average molecular weight is 257 g/mol. The van der Waals surface area contributed by atoms with Gasteiger partial charge in [0.05, 0.1) is 6.61 Å². The first-order valence-corrected chi connectivity index (χ1v) is 6.34. The summed E-state index contributed by atoms with van der Waals surface area (Å²) in [6.07, 6.45) is 4.73. The van der Waals surface area contributed by atoms with Gasteiger partial charge in [-0.3, -0.25) is 4.79 Å². The fourth-order valence-corrected chi connectivity index (χ4v) is 1.14. The van der Waals surface area contributed by atoms with Gasteiger partial charge >= 0.3 is 5.97 Å². The Balaban J connectivity index is 3.22. The van der Waals surface area contributed by atoms with Crippen LogP contribution in [0, 0.1) is 0 Å². The summed E-state index contributed by atoms with van der Waals surface area (Å²) in [5.41, 5.74) is 0. The van der Waals surface area contributed by atoms with Crippen molar-refractivity contribution < 1.29 is 19.1 Å². The highest BCUT2D eigenvalue weighted by molar-refractivity contribution is 5.86. The van der Waals surface area contributed by atoms with Crippen LogP contribution in [0.5, 0.6) is 0 Å². The fourth-order valence-electron chi connectivity index (χ4n) is 1.14. The summed E-state index contributed by atoms with van der Waals surface area (Å²) in [4.78, 5) is 21.9. The Labute approximate surface area is 109 Å². The molecule has 1 N–H and O–H groups in total. The van der Waals surface area contributed by atoms with Crippen molar-refractivity contribution in [1.29, 1.82) is 0 Å². The molecule has 0 spiro atoms. The van der Waals surface area contributed by atoms with Crippen LogP contribution in [0.4, 0.5) is 0 Å². The van der Waals surface area contributed by atoms with Crippen LogP contribution < -0.4 is 5.32 Å². The summed E-state index contributed by atoms with van der Waals surface area (Å²) in [5.74, 6) is -0.487. The molecule has 0 saturated heterocycles. The molecule has 0 aromatic rings. The van der Waals surface area contributed by atoms with Crippen LogP contribution in [0.25, 0.3) is 0 Å². The SMILES string of the molecule is C=CC(=O)NCCCCOCC(=O)OCCCC. The predicted octanol–water partition coefficient (Wildman–Crippen LogP) is 1.43. The summed E-state index contributed by atoms with van der Waals surface area (Å²) in [6.45, 7) is 6.94. The molecule has 5 heteroatoms. The quantitative estimate of drug-likeness (QED) is 0.345. The van der Waals surface area contributed by atoms with Crippen molar-refractivity contribution in [3.8, 4) is 0 Å². The summed E-state index contributed by atoms with van der Waals surface area (Å²) in [7, 11) is 0. The van der Waals surface area contributed by atoms with Gasteiger partial charge in [-0.05, 0) is 25.3 Å². The van der Waals surface area contributed by atoms with Crippen molar-refractivity contribution in [3.05, 3.63) is 12.7 Å². The number of amides is 1. The van der Waals surface area contributed by atoms with Crippen LogP contribution in [-0.2, 0) is 19.1 Å². The van der Waals surface area contributed by atoms with Crippen LogP contribution in [0.2, 0.25) is 0 Å². The zero-order chi connectivity index (χ0) is 13.6. The van der Waals surface area contributed by atoms with Crippen LogP contribution in [0.3, 0.4) is 0 Å². The Bertz CT molecular complexity index is 253. The van der Waals surface area contributed by atoms with E-state index in [0.29, 0.717) is 19.8 Å². The van der Waals surface area contributed by atoms with Gasteiger partial charge in [-0.2, -0.15) is 0 Å². The van der Waals surface area contributed by atoms with Crippen molar-refractivity contribution in [2.75, 3.05) is 26.4 Å². The molecule has 5 nitrogen and oxygen atoms in total. The number of hydrogen-bond acceptors (Lipinski definition) is 4. The number of carbonyl (C=O) groups excluding carboxylic acids is 2. The van der Waals surface area contributed by atoms with Crippen molar-refractivity contribution in [3.63, 3.8) is 0 Å². The van der Waals surface area contributed by atoms with Gasteiger partial charge in [0.25, 0.3) is 0 Å². The summed E-state index contributed by atoms with van der Waals surface area (Å²) in [5, 5.41) is 2.66. The van der Waals surface area contributed by atoms with Crippen LogP contribution in [-0.4, -0.2) is 38.2 Å². The first-order valence-electron chi connectivity index (χ1n) is 6.34. The molecule has 104 valence electrons. The lowest BCUT2D eigenvalue weighted by Crippen LogP contribution is -2.22. The first-order chi connectivity index (χ1) is 8.70. The molecule has 0 aromatic heterocycles. The summed E-state index contributed by atoms with van der Waals surface area (Å²) < 4.78 is 10.1. The van der Waals surface area contributed by atoms with E-state index in [1.54, 1.807) is 0 Å². The summed E-state index contributed by atoms with van der Waals surface area (Å²) >= 11 is 0. The first kappa shape index (κ1) is 16.6. The molecule has 0 aromatic carbocycles. The molecular weight excluding hydrogens is 234 g/mol. The van der Waals surface area contributed by atoms with Crippen LogP contribution in [0.15, 0.2) is 12.7 Å². The molecule has 0 bridgehead atoms. The van der Waals surface area contributed by atoms with E-state index >= 15 is 0 Å². The standard InChI is InChI=1S/C13H23NO4/c1-3-5-10-18-13(16)11-17-9-7-6-8-14-12(15)4-2/h4H,2-3,5-11H2,1H3,(H,14,15). The second kappa shape index (κ2) is 12.1. The Hall–Kier alpha value is -1.36. The second-order valence-electron chi connectivity index (χ2n) is 3.83. The third-order valence-corrected chi connectivity index (χ3v) is 2.18. The van der Waals surface area contributed by atoms with Gasteiger partial charge in [0.15, 0.2) is 0 Å². The summed E-state index contributed by atoms with van der Waals surface area (Å²) in [6, 6.07) is 0. The number of rotatable bonds is 11. The normalized spacial score (nSPS) is 9.83. The Kier molecular flexibility index (Phi) is 11.2. The molecule has 0 heterocycles. The molecule has 18 heavy (non-hydrogen) atoms. The zero-order valence-electron chi connectivity index (χ0n) is 11.1. The van der Waals surface area contributed by atoms with Crippen LogP contribution in [0.1, 0.15) is 32.6 Å². The van der Waals surface area contributed by atoms with Gasteiger partial charge in [0.2, 0.25) is 5.91 Å². The van der Waals surface area contributed by atoms with E-state index < -0.39 is 0 Å². The topological polar surface area (TPSA) is 64.6 Å². The monoisotopic (exact) mass is 257 g/mol. The third-order valence-electron chi connectivity index (χ3n) is 2.18. The highest BCUT2D eigenvalue weighted by Gasteiger charge is 2.01. The van der Waals surface area contributed by atoms with E-state index in [2.05, 4.69) is 11.9 Å². The molecule has 0 aliphatic rings. The van der Waals surface area contributed by atoms with E-state index in [-0.39, 0.29) is 18.5 Å². The fraction of sp³-hybridized carbons (Fsp3) is 0.692. The number of esters is 1. The lowest BCUT2D eigenvalue weighted by Gasteiger charge is -2.05. The minimum Gasteiger partial charge on any atom is -0.464 e. The van der Waals surface area contributed by atoms with Crippen molar-refractivity contribution in [2.24, 2.45) is 0 Å². The molecule has 0 fully saturated rings. The minimum atomic E-state index is -0.316. The molecule has 0 rings (SSSR count). The molecule has 0 aliphatic carbocycles. The van der Waals surface area contributed by atoms with Gasteiger partial charge in [-0.1, -0.05) is 19.9 Å². The number of unbranched alkanes of at least 4 members (excludes halogenated alkanes) is 2. The zero-order valence-corrected chi connectivity index (χ0v) is 11.1. The lowest BCUT2D eigenvalue weighted by molar-refractivity contribution is -0.149. The van der Waals surface area contributed by atoms with E-state index in [1.165, 1.54) is 6.08 Å². The number of carbonyl (C=O) groups is 2. The Morgan fingerprint density at radius 2 is 2.00 bits per heavy atom. The van der Waals surface area contributed by atoms with E-state index in [9.17, 15) is 9.59 Å². The van der Waals surface area contributed by atoms with Gasteiger partial charge in [-0.25, -0.2) is 4.79 Å².